The Kier molecular flexibility index (Phi) is 6.09. The van der Waals surface area contributed by atoms with Gasteiger partial charge in [-0.05, 0) is 56.2 Å². The van der Waals surface area contributed by atoms with Crippen LogP contribution in [0.25, 0.3) is 10.2 Å². The maximum Gasteiger partial charge on any atom is 0.263 e. The maximum atomic E-state index is 13.5. The zero-order chi connectivity index (χ0) is 22.2. The summed E-state index contributed by atoms with van der Waals surface area (Å²) in [5.41, 5.74) is 3.39. The minimum absolute atomic E-state index is 0.000108. The van der Waals surface area contributed by atoms with Crippen LogP contribution in [0, 0.1) is 0 Å². The van der Waals surface area contributed by atoms with E-state index >= 15 is 0 Å². The lowest BCUT2D eigenvalue weighted by Gasteiger charge is -2.22. The molecule has 0 saturated heterocycles. The molecule has 0 saturated carbocycles. The molecule has 3 aromatic rings. The van der Waals surface area contributed by atoms with Gasteiger partial charge in [0, 0.05) is 24.2 Å². The normalized spacial score (nSPS) is 16.2. The predicted octanol–water partition coefficient (Wildman–Crippen LogP) is 4.05. The number of thiophene rings is 1. The Morgan fingerprint density at radius 1 is 1.25 bits per heavy atom. The fraction of sp³-hybridized carbons (Fsp3) is 0.458. The number of fused-ring (bicyclic) bond motifs is 4. The molecule has 1 aromatic carbocycles. The quantitative estimate of drug-likeness (QED) is 0.403. The molecule has 0 spiro atoms. The molecule has 0 bridgehead atoms. The molecule has 6 nitrogen and oxygen atoms in total. The van der Waals surface area contributed by atoms with E-state index in [0.29, 0.717) is 24.9 Å². The van der Waals surface area contributed by atoms with Crippen molar-refractivity contribution in [3.05, 3.63) is 50.6 Å². The number of rotatable bonds is 6. The number of aryl methyl sites for hydroxylation is 2. The monoisotopic (exact) mass is 469 g/mol. The number of carbonyl (C=O) groups excluding carboxylic acids is 1. The molecule has 1 amide bonds. The van der Waals surface area contributed by atoms with E-state index in [2.05, 4.69) is 6.07 Å². The Morgan fingerprint density at radius 3 is 2.91 bits per heavy atom. The van der Waals surface area contributed by atoms with E-state index in [1.54, 1.807) is 23.0 Å². The Labute approximate surface area is 195 Å². The van der Waals surface area contributed by atoms with E-state index in [-0.39, 0.29) is 16.7 Å². The largest absolute Gasteiger partial charge is 0.383 e. The number of methoxy groups -OCH3 is 1. The summed E-state index contributed by atoms with van der Waals surface area (Å²) in [6, 6.07) is 8.07. The average molecular weight is 470 g/mol. The van der Waals surface area contributed by atoms with Crippen LogP contribution in [0.2, 0.25) is 0 Å². The van der Waals surface area contributed by atoms with Gasteiger partial charge >= 0.3 is 0 Å². The van der Waals surface area contributed by atoms with Crippen molar-refractivity contribution in [2.45, 2.75) is 56.0 Å². The second kappa shape index (κ2) is 9.00. The Bertz CT molecular complexity index is 1230. The lowest BCUT2D eigenvalue weighted by atomic mass is 9.97. The molecule has 32 heavy (non-hydrogen) atoms. The fourth-order valence-electron chi connectivity index (χ4n) is 4.68. The Balaban J connectivity index is 1.49. The third kappa shape index (κ3) is 3.78. The molecule has 2 aromatic heterocycles. The van der Waals surface area contributed by atoms with Crippen molar-refractivity contribution in [2.24, 2.45) is 0 Å². The van der Waals surface area contributed by atoms with Gasteiger partial charge in [-0.1, -0.05) is 30.0 Å². The van der Waals surface area contributed by atoms with Crippen LogP contribution in [0.5, 0.6) is 0 Å². The topological polar surface area (TPSA) is 64.4 Å². The maximum absolute atomic E-state index is 13.5. The van der Waals surface area contributed by atoms with Crippen molar-refractivity contribution in [3.8, 4) is 0 Å². The lowest BCUT2D eigenvalue weighted by molar-refractivity contribution is -0.117. The van der Waals surface area contributed by atoms with Gasteiger partial charge in [0.25, 0.3) is 5.56 Å². The fourth-order valence-corrected chi connectivity index (χ4v) is 6.98. The molecular weight excluding hydrogens is 442 g/mol. The summed E-state index contributed by atoms with van der Waals surface area (Å²) in [5.74, 6) is 0.0538. The first-order chi connectivity index (χ1) is 15.6. The number of hydrogen-bond donors (Lipinski definition) is 0. The second-order valence-corrected chi connectivity index (χ2v) is 10.8. The molecular formula is C24H27N3O3S2. The first kappa shape index (κ1) is 21.7. The molecule has 0 fully saturated rings. The van der Waals surface area contributed by atoms with Crippen molar-refractivity contribution < 1.29 is 9.53 Å². The summed E-state index contributed by atoms with van der Waals surface area (Å²) < 4.78 is 6.97. The number of hydrogen-bond acceptors (Lipinski definition) is 6. The highest BCUT2D eigenvalue weighted by atomic mass is 32.2. The Hall–Kier alpha value is -2.16. The third-order valence-electron chi connectivity index (χ3n) is 6.34. The molecule has 3 heterocycles. The van der Waals surface area contributed by atoms with Gasteiger partial charge in [-0.2, -0.15) is 0 Å². The van der Waals surface area contributed by atoms with Crippen LogP contribution in [-0.2, 0) is 35.3 Å². The SMILES string of the molecule is COCCn1c(SC(C)C(=O)N2CCc3ccccc32)nc2sc3c(c2c1=O)CCCC3. The van der Waals surface area contributed by atoms with Gasteiger partial charge in [0.15, 0.2) is 5.16 Å². The minimum Gasteiger partial charge on any atom is -0.383 e. The van der Waals surface area contributed by atoms with Gasteiger partial charge in [0.1, 0.15) is 4.83 Å². The van der Waals surface area contributed by atoms with E-state index in [9.17, 15) is 9.59 Å². The lowest BCUT2D eigenvalue weighted by Crippen LogP contribution is -2.36. The zero-order valence-corrected chi connectivity index (χ0v) is 20.1. The van der Waals surface area contributed by atoms with E-state index < -0.39 is 0 Å². The van der Waals surface area contributed by atoms with Crippen molar-refractivity contribution in [1.82, 2.24) is 9.55 Å². The van der Waals surface area contributed by atoms with Gasteiger partial charge in [-0.15, -0.1) is 11.3 Å². The van der Waals surface area contributed by atoms with Crippen LogP contribution < -0.4 is 10.5 Å². The summed E-state index contributed by atoms with van der Waals surface area (Å²) in [6.45, 7) is 3.46. The van der Waals surface area contributed by atoms with Gasteiger partial charge in [0.2, 0.25) is 5.91 Å². The summed E-state index contributed by atoms with van der Waals surface area (Å²) in [6.07, 6.45) is 5.15. The Morgan fingerprint density at radius 2 is 2.06 bits per heavy atom. The predicted molar refractivity (Wildman–Crippen MR) is 130 cm³/mol. The molecule has 1 aliphatic carbocycles. The van der Waals surface area contributed by atoms with Crippen molar-refractivity contribution in [2.75, 3.05) is 25.2 Å². The molecule has 168 valence electrons. The first-order valence-electron chi connectivity index (χ1n) is 11.2. The second-order valence-electron chi connectivity index (χ2n) is 8.36. The van der Waals surface area contributed by atoms with E-state index in [1.807, 2.05) is 30.0 Å². The molecule has 2 aliphatic rings. The molecule has 1 aliphatic heterocycles. The van der Waals surface area contributed by atoms with Crippen molar-refractivity contribution in [3.63, 3.8) is 0 Å². The van der Waals surface area contributed by atoms with Crippen molar-refractivity contribution >= 4 is 44.9 Å². The number of carbonyl (C=O) groups is 1. The standard InChI is InChI=1S/C24H27N3O3S2/c1-15(22(28)26-12-11-16-7-3-5-9-18(16)26)31-24-25-21-20(23(29)27(24)13-14-30-2)17-8-4-6-10-19(17)32-21/h3,5,7,9,15H,4,6,8,10-14H2,1-2H3. The summed E-state index contributed by atoms with van der Waals surface area (Å²) in [5, 5.41) is 1.03. The summed E-state index contributed by atoms with van der Waals surface area (Å²) in [7, 11) is 1.63. The van der Waals surface area contributed by atoms with Crippen LogP contribution in [0.15, 0.2) is 34.2 Å². The van der Waals surface area contributed by atoms with E-state index in [4.69, 9.17) is 9.72 Å². The minimum atomic E-state index is -0.353. The summed E-state index contributed by atoms with van der Waals surface area (Å²) >= 11 is 3.02. The first-order valence-corrected chi connectivity index (χ1v) is 12.9. The van der Waals surface area contributed by atoms with Gasteiger partial charge in [-0.25, -0.2) is 4.98 Å². The number of para-hydroxylation sites is 1. The highest BCUT2D eigenvalue weighted by Gasteiger charge is 2.30. The zero-order valence-electron chi connectivity index (χ0n) is 18.4. The van der Waals surface area contributed by atoms with Crippen molar-refractivity contribution in [1.29, 1.82) is 0 Å². The average Bonchev–Trinajstić information content (AvgIpc) is 3.39. The number of aromatic nitrogens is 2. The summed E-state index contributed by atoms with van der Waals surface area (Å²) in [4.78, 5) is 35.7. The molecule has 8 heteroatoms. The number of anilines is 1. The smallest absolute Gasteiger partial charge is 0.263 e. The van der Waals surface area contributed by atoms with Crippen LogP contribution >= 0.6 is 23.1 Å². The third-order valence-corrected chi connectivity index (χ3v) is 8.61. The number of nitrogens with zero attached hydrogens (tertiary/aromatic N) is 3. The van der Waals surface area contributed by atoms with Crippen LogP contribution in [-0.4, -0.2) is 41.0 Å². The highest BCUT2D eigenvalue weighted by molar-refractivity contribution is 8.00. The molecule has 0 N–H and O–H groups in total. The molecule has 1 unspecified atom stereocenters. The highest BCUT2D eigenvalue weighted by Crippen LogP contribution is 2.36. The van der Waals surface area contributed by atoms with Crippen LogP contribution in [0.3, 0.4) is 0 Å². The van der Waals surface area contributed by atoms with Crippen LogP contribution in [0.1, 0.15) is 35.8 Å². The van der Waals surface area contributed by atoms with Gasteiger partial charge in [-0.3, -0.25) is 14.2 Å². The molecule has 0 radical (unpaired) electrons. The van der Waals surface area contributed by atoms with Crippen LogP contribution in [0.4, 0.5) is 5.69 Å². The molecule has 5 rings (SSSR count). The van der Waals surface area contributed by atoms with Gasteiger partial charge < -0.3 is 9.64 Å². The number of benzene rings is 1. The number of ether oxygens (including phenoxy) is 1. The molecule has 1 atom stereocenters. The van der Waals surface area contributed by atoms with E-state index in [0.717, 1.165) is 41.6 Å². The van der Waals surface area contributed by atoms with Gasteiger partial charge in [0.05, 0.1) is 23.8 Å². The van der Waals surface area contributed by atoms with E-state index in [1.165, 1.54) is 34.2 Å². The number of thioether (sulfide) groups is 1. The number of amides is 1.